The molecule has 20 heavy (non-hydrogen) atoms. The third kappa shape index (κ3) is 3.04. The number of carbonyl (C=O) groups is 2. The molecule has 0 fully saturated rings. The number of aliphatic carboxylic acids is 1. The first kappa shape index (κ1) is 16.3. The second kappa shape index (κ2) is 5.32. The SMILES string of the molecule is Cc1cc(C(=O)NC(C)(C(=O)O)C(F)(F)F)ccc1Cl. The molecule has 0 aliphatic heterocycles. The fraction of sp³-hybridized carbons (Fsp3) is 0.333. The minimum absolute atomic E-state index is 0.108. The first-order valence-corrected chi connectivity index (χ1v) is 5.75. The Morgan fingerprint density at radius 1 is 1.30 bits per heavy atom. The second-order valence-corrected chi connectivity index (χ2v) is 4.75. The zero-order valence-corrected chi connectivity index (χ0v) is 11.3. The van der Waals surface area contributed by atoms with Crippen molar-refractivity contribution in [3.63, 3.8) is 0 Å². The average Bonchev–Trinajstić information content (AvgIpc) is 2.30. The van der Waals surface area contributed by atoms with Crippen LogP contribution in [0.5, 0.6) is 0 Å². The maximum absolute atomic E-state index is 12.8. The Morgan fingerprint density at radius 3 is 2.25 bits per heavy atom. The largest absolute Gasteiger partial charge is 0.479 e. The van der Waals surface area contributed by atoms with Gasteiger partial charge in [0, 0.05) is 10.6 Å². The van der Waals surface area contributed by atoms with Gasteiger partial charge in [-0.15, -0.1) is 0 Å². The Morgan fingerprint density at radius 2 is 1.85 bits per heavy atom. The van der Waals surface area contributed by atoms with Crippen LogP contribution in [0.4, 0.5) is 13.2 Å². The van der Waals surface area contributed by atoms with E-state index in [4.69, 9.17) is 16.7 Å². The second-order valence-electron chi connectivity index (χ2n) is 4.35. The molecule has 1 rings (SSSR count). The fourth-order valence-corrected chi connectivity index (χ4v) is 1.45. The molecule has 0 aliphatic rings. The van der Waals surface area contributed by atoms with E-state index in [0.717, 1.165) is 0 Å². The molecular weight excluding hydrogens is 299 g/mol. The number of hydrogen-bond acceptors (Lipinski definition) is 2. The average molecular weight is 310 g/mol. The van der Waals surface area contributed by atoms with E-state index in [0.29, 0.717) is 17.5 Å². The Hall–Kier alpha value is -1.76. The van der Waals surface area contributed by atoms with Crippen LogP contribution in [0.1, 0.15) is 22.8 Å². The summed E-state index contributed by atoms with van der Waals surface area (Å²) in [5, 5.41) is 10.5. The number of halogens is 4. The van der Waals surface area contributed by atoms with Crippen molar-refractivity contribution >= 4 is 23.5 Å². The molecule has 8 heteroatoms. The highest BCUT2D eigenvalue weighted by Gasteiger charge is 2.58. The summed E-state index contributed by atoms with van der Waals surface area (Å²) in [7, 11) is 0. The molecule has 110 valence electrons. The number of benzene rings is 1. The minimum atomic E-state index is -5.13. The Bertz CT molecular complexity index is 559. The number of nitrogens with one attached hydrogen (secondary N) is 1. The summed E-state index contributed by atoms with van der Waals surface area (Å²) in [6, 6.07) is 3.83. The van der Waals surface area contributed by atoms with Crippen molar-refractivity contribution in [2.75, 3.05) is 0 Å². The standard InChI is InChI=1S/C12H11ClF3NO3/c1-6-5-7(3-4-8(6)13)9(18)17-11(2,10(19)20)12(14,15)16/h3-5H,1-2H3,(H,17,18)(H,19,20). The van der Waals surface area contributed by atoms with Gasteiger partial charge in [0.1, 0.15) is 0 Å². The van der Waals surface area contributed by atoms with Crippen LogP contribution in [0.15, 0.2) is 18.2 Å². The molecule has 0 radical (unpaired) electrons. The first-order chi connectivity index (χ1) is 8.99. The number of hydrogen-bond donors (Lipinski definition) is 2. The lowest BCUT2D eigenvalue weighted by atomic mass is 10.0. The molecule has 1 aromatic carbocycles. The summed E-state index contributed by atoms with van der Waals surface area (Å²) >= 11 is 5.74. The lowest BCUT2D eigenvalue weighted by molar-refractivity contribution is -0.203. The van der Waals surface area contributed by atoms with Gasteiger partial charge in [-0.3, -0.25) is 4.79 Å². The molecule has 2 N–H and O–H groups in total. The lowest BCUT2D eigenvalue weighted by Crippen LogP contribution is -2.61. The third-order valence-corrected chi connectivity index (χ3v) is 3.20. The van der Waals surface area contributed by atoms with Gasteiger partial charge in [0.15, 0.2) is 0 Å². The van der Waals surface area contributed by atoms with E-state index in [1.165, 1.54) is 23.5 Å². The summed E-state index contributed by atoms with van der Waals surface area (Å²) in [6.07, 6.45) is -5.13. The molecule has 1 unspecified atom stereocenters. The Labute approximate surface area is 117 Å². The molecule has 0 aliphatic carbocycles. The van der Waals surface area contributed by atoms with Crippen LogP contribution in [0, 0.1) is 6.92 Å². The molecule has 0 saturated carbocycles. The van der Waals surface area contributed by atoms with Gasteiger partial charge in [0.2, 0.25) is 5.54 Å². The maximum Gasteiger partial charge on any atom is 0.422 e. The van der Waals surface area contributed by atoms with Gasteiger partial charge in [-0.25, -0.2) is 4.79 Å². The number of carboxylic acids is 1. The van der Waals surface area contributed by atoms with Gasteiger partial charge in [-0.2, -0.15) is 13.2 Å². The summed E-state index contributed by atoms with van der Waals surface area (Å²) < 4.78 is 38.3. The number of carbonyl (C=O) groups excluding carboxylic acids is 1. The normalized spacial score (nSPS) is 14.5. The molecule has 1 atom stereocenters. The zero-order valence-electron chi connectivity index (χ0n) is 10.5. The highest BCUT2D eigenvalue weighted by molar-refractivity contribution is 6.31. The molecular formula is C12H11ClF3NO3. The molecule has 0 spiro atoms. The summed E-state index contributed by atoms with van der Waals surface area (Å²) in [5.41, 5.74) is -2.98. The van der Waals surface area contributed by atoms with Gasteiger partial charge >= 0.3 is 12.1 Å². The van der Waals surface area contributed by atoms with E-state index in [1.807, 2.05) is 0 Å². The highest BCUT2D eigenvalue weighted by Crippen LogP contribution is 2.30. The smallest absolute Gasteiger partial charge is 0.422 e. The summed E-state index contributed by atoms with van der Waals surface area (Å²) in [5.74, 6) is -3.34. The molecule has 1 amide bonds. The predicted molar refractivity (Wildman–Crippen MR) is 65.8 cm³/mol. The van der Waals surface area contributed by atoms with Crippen LogP contribution >= 0.6 is 11.6 Å². The highest BCUT2D eigenvalue weighted by atomic mass is 35.5. The van der Waals surface area contributed by atoms with E-state index >= 15 is 0 Å². The number of carboxylic acid groups (broad SMARTS) is 1. The quantitative estimate of drug-likeness (QED) is 0.902. The van der Waals surface area contributed by atoms with Crippen molar-refractivity contribution in [3.05, 3.63) is 34.3 Å². The molecule has 1 aromatic rings. The van der Waals surface area contributed by atoms with Crippen molar-refractivity contribution in [1.82, 2.24) is 5.32 Å². The van der Waals surface area contributed by atoms with Crippen molar-refractivity contribution in [2.45, 2.75) is 25.6 Å². The van der Waals surface area contributed by atoms with Crippen molar-refractivity contribution in [1.29, 1.82) is 0 Å². The van der Waals surface area contributed by atoms with Crippen molar-refractivity contribution in [3.8, 4) is 0 Å². The van der Waals surface area contributed by atoms with Crippen LogP contribution in [-0.4, -0.2) is 28.7 Å². The van der Waals surface area contributed by atoms with Crippen LogP contribution in [-0.2, 0) is 4.79 Å². The number of alkyl halides is 3. The van der Waals surface area contributed by atoms with E-state index in [2.05, 4.69) is 0 Å². The molecule has 0 aromatic heterocycles. The fourth-order valence-electron chi connectivity index (χ4n) is 1.33. The van der Waals surface area contributed by atoms with Gasteiger partial charge in [0.25, 0.3) is 5.91 Å². The minimum Gasteiger partial charge on any atom is -0.479 e. The van der Waals surface area contributed by atoms with Gasteiger partial charge in [-0.1, -0.05) is 11.6 Å². The van der Waals surface area contributed by atoms with Crippen LogP contribution in [0.3, 0.4) is 0 Å². The summed E-state index contributed by atoms with van der Waals surface area (Å²) in [4.78, 5) is 22.6. The van der Waals surface area contributed by atoms with E-state index in [1.54, 1.807) is 6.92 Å². The van der Waals surface area contributed by atoms with Crippen molar-refractivity contribution in [2.24, 2.45) is 0 Å². The van der Waals surface area contributed by atoms with Gasteiger partial charge in [0.05, 0.1) is 0 Å². The maximum atomic E-state index is 12.8. The monoisotopic (exact) mass is 309 g/mol. The van der Waals surface area contributed by atoms with Crippen LogP contribution < -0.4 is 5.32 Å². The van der Waals surface area contributed by atoms with Gasteiger partial charge in [-0.05, 0) is 37.6 Å². The topological polar surface area (TPSA) is 66.4 Å². The molecule has 0 heterocycles. The van der Waals surface area contributed by atoms with E-state index in [9.17, 15) is 22.8 Å². The lowest BCUT2D eigenvalue weighted by Gasteiger charge is -2.28. The molecule has 4 nitrogen and oxygen atoms in total. The first-order valence-electron chi connectivity index (χ1n) is 5.38. The zero-order chi connectivity index (χ0) is 15.7. The van der Waals surface area contributed by atoms with E-state index in [-0.39, 0.29) is 5.56 Å². The summed E-state index contributed by atoms with van der Waals surface area (Å²) in [6.45, 7) is 1.95. The molecule has 0 saturated heterocycles. The Kier molecular flexibility index (Phi) is 4.33. The number of rotatable bonds is 3. The van der Waals surface area contributed by atoms with Crippen molar-refractivity contribution < 1.29 is 27.9 Å². The van der Waals surface area contributed by atoms with Gasteiger partial charge < -0.3 is 10.4 Å². The molecule has 0 bridgehead atoms. The number of amides is 1. The third-order valence-electron chi connectivity index (χ3n) is 2.78. The van der Waals surface area contributed by atoms with Crippen LogP contribution in [0.2, 0.25) is 5.02 Å². The number of aryl methyl sites for hydroxylation is 1. The predicted octanol–water partition coefficient (Wildman–Crippen LogP) is 2.78. The Balaban J connectivity index is 3.09. The van der Waals surface area contributed by atoms with E-state index < -0.39 is 23.6 Å². The van der Waals surface area contributed by atoms with Crippen LogP contribution in [0.25, 0.3) is 0 Å².